The van der Waals surface area contributed by atoms with E-state index < -0.39 is 23.2 Å². The van der Waals surface area contributed by atoms with E-state index in [1.165, 1.54) is 26.0 Å². The maximum Gasteiger partial charge on any atom is 0.415 e. The number of rotatable bonds is 4. The highest BCUT2D eigenvalue weighted by Crippen LogP contribution is 2.43. The van der Waals surface area contributed by atoms with Crippen molar-refractivity contribution in [3.8, 4) is 5.75 Å². The minimum absolute atomic E-state index is 0.196. The van der Waals surface area contributed by atoms with Crippen LogP contribution in [0.1, 0.15) is 25.1 Å². The average Bonchev–Trinajstić information content (AvgIpc) is 2.95. The van der Waals surface area contributed by atoms with Gasteiger partial charge in [0.1, 0.15) is 12.4 Å². The summed E-state index contributed by atoms with van der Waals surface area (Å²) in [4.78, 5) is 16.8. The number of hydrogen-bond acceptors (Lipinski definition) is 3. The lowest BCUT2D eigenvalue weighted by Crippen LogP contribution is -2.42. The summed E-state index contributed by atoms with van der Waals surface area (Å²) in [6, 6.07) is 17.6. The lowest BCUT2D eigenvalue weighted by molar-refractivity contribution is -0.116. The lowest BCUT2D eigenvalue weighted by atomic mass is 9.91. The predicted molar refractivity (Wildman–Crippen MR) is 108 cm³/mol. The smallest absolute Gasteiger partial charge is 0.415 e. The number of amides is 1. The Hall–Kier alpha value is -3.35. The third-order valence-corrected chi connectivity index (χ3v) is 5.00. The van der Waals surface area contributed by atoms with Crippen LogP contribution < -0.4 is 10.1 Å². The molecule has 2 aromatic carbocycles. The molecule has 0 unspecified atom stereocenters. The van der Waals surface area contributed by atoms with Gasteiger partial charge < -0.3 is 10.1 Å². The molecule has 30 heavy (non-hydrogen) atoms. The van der Waals surface area contributed by atoms with Gasteiger partial charge in [0.05, 0.1) is 27.9 Å². The molecule has 0 saturated carbocycles. The molecule has 4 nitrogen and oxygen atoms in total. The molecule has 3 aromatic rings. The van der Waals surface area contributed by atoms with Crippen molar-refractivity contribution in [3.63, 3.8) is 0 Å². The van der Waals surface area contributed by atoms with Gasteiger partial charge in [-0.05, 0) is 43.7 Å². The van der Waals surface area contributed by atoms with Crippen molar-refractivity contribution >= 4 is 22.4 Å². The lowest BCUT2D eigenvalue weighted by Gasteiger charge is -2.24. The first-order valence-corrected chi connectivity index (χ1v) is 9.37. The molecule has 0 fully saturated rings. The molecule has 4 rings (SSSR count). The maximum atomic E-state index is 13.6. The van der Waals surface area contributed by atoms with Crippen LogP contribution in [0.25, 0.3) is 16.5 Å². The average molecular weight is 412 g/mol. The van der Waals surface area contributed by atoms with E-state index in [0.29, 0.717) is 5.75 Å². The van der Waals surface area contributed by atoms with E-state index >= 15 is 0 Å². The Labute approximate surface area is 171 Å². The number of nitrogens with one attached hydrogen (secondary N) is 1. The summed E-state index contributed by atoms with van der Waals surface area (Å²) in [5, 5.41) is 3.43. The Morgan fingerprint density at radius 1 is 1.00 bits per heavy atom. The summed E-state index contributed by atoms with van der Waals surface area (Å²) < 4.78 is 46.5. The minimum Gasteiger partial charge on any atom is -0.487 e. The number of carbonyl (C=O) groups excluding carboxylic acids is 1. The number of hydrogen-bond donors (Lipinski definition) is 1. The molecule has 0 bridgehead atoms. The number of alkyl halides is 3. The molecular weight excluding hydrogens is 393 g/mol. The summed E-state index contributed by atoms with van der Waals surface area (Å²) >= 11 is 0. The fourth-order valence-electron chi connectivity index (χ4n) is 3.67. The van der Waals surface area contributed by atoms with Gasteiger partial charge in [-0.3, -0.25) is 4.79 Å². The highest BCUT2D eigenvalue weighted by atomic mass is 19.4. The summed E-state index contributed by atoms with van der Waals surface area (Å²) in [5.41, 5.74) is -0.917. The molecule has 0 radical (unpaired) electrons. The zero-order chi connectivity index (χ0) is 21.5. The van der Waals surface area contributed by atoms with Crippen LogP contribution in [-0.2, 0) is 11.4 Å². The molecule has 0 saturated heterocycles. The Bertz CT molecular complexity index is 1150. The van der Waals surface area contributed by atoms with Gasteiger partial charge in [0.25, 0.3) is 5.91 Å². The van der Waals surface area contributed by atoms with Crippen molar-refractivity contribution < 1.29 is 22.7 Å². The minimum atomic E-state index is -4.62. The second-order valence-electron chi connectivity index (χ2n) is 7.64. The number of nitrogens with zero attached hydrogens (tertiary/aromatic N) is 1. The van der Waals surface area contributed by atoms with Gasteiger partial charge in [0, 0.05) is 5.39 Å². The summed E-state index contributed by atoms with van der Waals surface area (Å²) in [5.74, 6) is -0.262. The highest BCUT2D eigenvalue weighted by molar-refractivity contribution is 6.23. The van der Waals surface area contributed by atoms with Crippen molar-refractivity contribution in [1.29, 1.82) is 0 Å². The summed E-state index contributed by atoms with van der Waals surface area (Å²) in [6.45, 7) is 2.90. The number of ether oxygens (including phenoxy) is 1. The van der Waals surface area contributed by atoms with E-state index in [9.17, 15) is 18.0 Å². The second-order valence-corrected chi connectivity index (χ2v) is 7.64. The van der Waals surface area contributed by atoms with Gasteiger partial charge >= 0.3 is 6.18 Å². The zero-order valence-corrected chi connectivity index (χ0v) is 16.4. The number of benzene rings is 2. The van der Waals surface area contributed by atoms with Gasteiger partial charge in [-0.2, -0.15) is 13.2 Å². The molecule has 0 spiro atoms. The van der Waals surface area contributed by atoms with Gasteiger partial charge in [-0.1, -0.05) is 36.4 Å². The first-order chi connectivity index (χ1) is 14.1. The molecule has 1 N–H and O–H groups in total. The van der Waals surface area contributed by atoms with E-state index in [1.807, 2.05) is 36.4 Å². The van der Waals surface area contributed by atoms with E-state index in [-0.39, 0.29) is 17.7 Å². The number of pyridine rings is 1. The van der Waals surface area contributed by atoms with Gasteiger partial charge in [-0.15, -0.1) is 0 Å². The molecule has 2 heterocycles. The quantitative estimate of drug-likeness (QED) is 0.653. The van der Waals surface area contributed by atoms with Crippen molar-refractivity contribution in [2.45, 2.75) is 32.2 Å². The number of para-hydroxylation sites is 1. The van der Waals surface area contributed by atoms with Crippen LogP contribution in [-0.4, -0.2) is 22.6 Å². The third kappa shape index (κ3) is 3.75. The molecule has 7 heteroatoms. The fraction of sp³-hybridized carbons (Fsp3) is 0.217. The van der Waals surface area contributed by atoms with Gasteiger partial charge in [-0.25, -0.2) is 4.98 Å². The van der Waals surface area contributed by atoms with Crippen molar-refractivity contribution in [1.82, 2.24) is 10.3 Å². The predicted octanol–water partition coefficient (Wildman–Crippen LogP) is 5.04. The van der Waals surface area contributed by atoms with Gasteiger partial charge in [0.2, 0.25) is 0 Å². The number of fused-ring (bicyclic) bond motifs is 1. The first-order valence-electron chi connectivity index (χ1n) is 9.37. The monoisotopic (exact) mass is 412 g/mol. The zero-order valence-electron chi connectivity index (χ0n) is 16.4. The van der Waals surface area contributed by atoms with Crippen LogP contribution in [0.5, 0.6) is 5.75 Å². The SMILES string of the molecule is CC1(C)NC(=O)C(c2ccc(OCc3ccc4ccccc4n3)cc2)=C1C(F)(F)F. The number of halogens is 3. The van der Waals surface area contributed by atoms with Crippen LogP contribution in [0.15, 0.2) is 66.2 Å². The largest absolute Gasteiger partial charge is 0.487 e. The van der Waals surface area contributed by atoms with E-state index in [2.05, 4.69) is 10.3 Å². The second kappa shape index (κ2) is 7.16. The molecule has 0 atom stereocenters. The Balaban J connectivity index is 1.55. The number of carbonyl (C=O) groups is 1. The standard InChI is InChI=1S/C23H19F3N2O2/c1-22(2)20(23(24,25)26)19(21(29)28-22)15-8-11-17(12-9-15)30-13-16-10-7-14-5-3-4-6-18(14)27-16/h3-12H,13H2,1-2H3,(H,28,29). The maximum absolute atomic E-state index is 13.6. The van der Waals surface area contributed by atoms with Gasteiger partial charge in [0.15, 0.2) is 0 Å². The Morgan fingerprint density at radius 2 is 1.70 bits per heavy atom. The van der Waals surface area contributed by atoms with Crippen molar-refractivity contribution in [2.24, 2.45) is 0 Å². The molecule has 1 aliphatic heterocycles. The van der Waals surface area contributed by atoms with E-state index in [1.54, 1.807) is 12.1 Å². The Morgan fingerprint density at radius 3 is 2.40 bits per heavy atom. The first kappa shape index (κ1) is 19.9. The van der Waals surface area contributed by atoms with Crippen molar-refractivity contribution in [2.75, 3.05) is 0 Å². The van der Waals surface area contributed by atoms with Crippen molar-refractivity contribution in [3.05, 3.63) is 77.5 Å². The van der Waals surface area contributed by atoms with E-state index in [4.69, 9.17) is 4.74 Å². The molecule has 1 aromatic heterocycles. The summed E-state index contributed by atoms with van der Waals surface area (Å²) in [6.07, 6.45) is -4.62. The fourth-order valence-corrected chi connectivity index (χ4v) is 3.67. The van der Waals surface area contributed by atoms with E-state index in [0.717, 1.165) is 16.6 Å². The molecule has 0 aliphatic carbocycles. The van der Waals surface area contributed by atoms with Crippen LogP contribution in [0.3, 0.4) is 0 Å². The molecular formula is C23H19F3N2O2. The molecule has 154 valence electrons. The summed E-state index contributed by atoms with van der Waals surface area (Å²) in [7, 11) is 0. The van der Waals surface area contributed by atoms with Crippen LogP contribution >= 0.6 is 0 Å². The topological polar surface area (TPSA) is 51.2 Å². The third-order valence-electron chi connectivity index (χ3n) is 5.00. The van der Waals surface area contributed by atoms with Crippen LogP contribution in [0.2, 0.25) is 0 Å². The Kier molecular flexibility index (Phi) is 4.76. The van der Waals surface area contributed by atoms with Crippen LogP contribution in [0.4, 0.5) is 13.2 Å². The normalized spacial score (nSPS) is 16.1. The molecule has 1 aliphatic rings. The van der Waals surface area contributed by atoms with Crippen LogP contribution in [0, 0.1) is 0 Å². The highest BCUT2D eigenvalue weighted by Gasteiger charge is 2.51. The number of aromatic nitrogens is 1. The molecule has 1 amide bonds.